The van der Waals surface area contributed by atoms with Gasteiger partial charge in [-0.1, -0.05) is 27.7 Å². The van der Waals surface area contributed by atoms with Crippen LogP contribution >= 0.6 is 0 Å². The number of hydrogen-bond acceptors (Lipinski definition) is 22. The first-order valence-electron chi connectivity index (χ1n) is 28.9. The summed E-state index contributed by atoms with van der Waals surface area (Å²) in [6, 6.07) is 3.20. The minimum absolute atomic E-state index is 0.00452. The van der Waals surface area contributed by atoms with Gasteiger partial charge in [0.1, 0.15) is 47.8 Å². The van der Waals surface area contributed by atoms with E-state index in [-0.39, 0.29) is 120 Å². The van der Waals surface area contributed by atoms with Gasteiger partial charge in [-0.15, -0.1) is 0 Å². The zero-order valence-corrected chi connectivity index (χ0v) is 48.9. The van der Waals surface area contributed by atoms with Crippen LogP contribution in [0.4, 0.5) is 0 Å². The van der Waals surface area contributed by atoms with Gasteiger partial charge in [0, 0.05) is 74.9 Å². The molecule has 0 saturated carbocycles. The molecule has 456 valence electrons. The van der Waals surface area contributed by atoms with Gasteiger partial charge in [0.05, 0.1) is 71.5 Å². The number of carbonyl (C=O) groups excluding carboxylic acids is 3. The molecule has 22 nitrogen and oxygen atoms in total. The third-order valence-electron chi connectivity index (χ3n) is 18.2. The largest absolute Gasteiger partial charge is 0.507 e. The van der Waals surface area contributed by atoms with Gasteiger partial charge in [-0.05, 0) is 91.3 Å². The Hall–Kier alpha value is -3.69. The van der Waals surface area contributed by atoms with Crippen LogP contribution in [0.15, 0.2) is 12.1 Å². The number of aromatic hydroxyl groups is 2. The smallest absolute Gasteiger partial charge is 0.306 e. The SMILES string of the molecule is CCCC(=O)O[C@H](C)[C@H](O)C(=O)[C@@H](OC)[C@@H]1Cc2cc3cc(O[C@H]4C[C@@H](OC5C[C@@H](O)[C@@H](C)C(C)O5)[C@@H](C)C(C)O4)c(C)c(O)c3c(O)c2C(=O)[C@H]1O[C@H]1C[C@@H](O[C@H]2C[C@@H](O[C@H]3C[C@@](C)(O)[C@@H](C)C(C)O3)[C@H](O)C(C)O2)[C@H](O)C(C)O1. The lowest BCUT2D eigenvalue weighted by atomic mass is 9.75. The number of fused-ring (bicyclic) bond motifs is 2. The maximum absolute atomic E-state index is 15.3. The molecule has 0 spiro atoms. The van der Waals surface area contributed by atoms with Gasteiger partial charge in [0.25, 0.3) is 0 Å². The summed E-state index contributed by atoms with van der Waals surface area (Å²) in [6.07, 6.45) is -18.2. The average Bonchev–Trinajstić information content (AvgIpc) is 2.71. The summed E-state index contributed by atoms with van der Waals surface area (Å²) in [7, 11) is 1.22. The summed E-state index contributed by atoms with van der Waals surface area (Å²) >= 11 is 0. The molecular formula is C59H88O22. The quantitative estimate of drug-likeness (QED) is 0.0974. The number of phenols is 2. The van der Waals surface area contributed by atoms with Crippen molar-refractivity contribution in [1.29, 1.82) is 0 Å². The van der Waals surface area contributed by atoms with Crippen molar-refractivity contribution in [2.75, 3.05) is 7.11 Å². The Morgan fingerprint density at radius 1 is 0.728 bits per heavy atom. The normalized spacial score (nSPS) is 40.5. The molecule has 1 aliphatic carbocycles. The van der Waals surface area contributed by atoms with Gasteiger partial charge < -0.3 is 92.6 Å². The third-order valence-corrected chi connectivity index (χ3v) is 18.2. The Bertz CT molecular complexity index is 2510. The van der Waals surface area contributed by atoms with Gasteiger partial charge >= 0.3 is 5.97 Å². The predicted octanol–water partition coefficient (Wildman–Crippen LogP) is 4.93. The first kappa shape index (κ1) is 63.3. The average molecular weight is 1150 g/mol. The van der Waals surface area contributed by atoms with E-state index in [0.717, 1.165) is 0 Å². The first-order chi connectivity index (χ1) is 38.1. The topological polar surface area (TPSA) is 304 Å². The number of methoxy groups -OCH3 is 1. The van der Waals surface area contributed by atoms with Crippen molar-refractivity contribution in [3.8, 4) is 17.2 Å². The van der Waals surface area contributed by atoms with Crippen molar-refractivity contribution < 1.29 is 107 Å². The highest BCUT2D eigenvalue weighted by Crippen LogP contribution is 2.48. The van der Waals surface area contributed by atoms with Crippen molar-refractivity contribution in [2.45, 2.75) is 263 Å². The van der Waals surface area contributed by atoms with Crippen molar-refractivity contribution in [1.82, 2.24) is 0 Å². The molecule has 2 aromatic rings. The minimum Gasteiger partial charge on any atom is -0.507 e. The molecule has 8 rings (SSSR count). The third kappa shape index (κ3) is 13.6. The van der Waals surface area contributed by atoms with E-state index in [0.29, 0.717) is 12.8 Å². The number of hydrogen-bond donors (Lipinski definition) is 7. The van der Waals surface area contributed by atoms with E-state index in [1.54, 1.807) is 46.8 Å². The highest BCUT2D eigenvalue weighted by molar-refractivity contribution is 6.11. The zero-order valence-electron chi connectivity index (χ0n) is 48.9. The summed E-state index contributed by atoms with van der Waals surface area (Å²) in [5.41, 5.74) is -0.843. The Balaban J connectivity index is 1.07. The Labute approximate surface area is 473 Å². The second-order valence-corrected chi connectivity index (χ2v) is 24.0. The summed E-state index contributed by atoms with van der Waals surface area (Å²) in [6.45, 7) is 21.1. The summed E-state index contributed by atoms with van der Waals surface area (Å²) in [5, 5.41) is 80.3. The standard InChI is InChI=1S/C59H88O22/c1-14-15-42(61)71-33(11)53(65)56(68)57(70-13)36-17-34-16-35-18-38(77-44-20-39(25(3)29(7)73-44)78-43-19-37(60)24(2)28(6)72-43)26(4)50(62)48(35)54(66)49(34)55(67)58(36)81-46-22-40(51(63)32(10)76-46)79-45-21-41(52(64)31(9)75-45)80-47-23-59(12,69)27(5)30(8)74-47/h16,18,24-25,27-33,36-37,39-41,43-47,51-53,57-58,60,62-66,69H,14-15,17,19-23H2,1-13H3/t24-,25-,27-,28?,29?,30?,31?,32?,33+,36-,37+,39+,40+,41+,43?,44-,45-,46-,47-,51+,52+,53-,57-,58-,59+/m0/s1. The number of rotatable bonds is 18. The summed E-state index contributed by atoms with van der Waals surface area (Å²) < 4.78 is 74.2. The molecule has 5 heterocycles. The fourth-order valence-corrected chi connectivity index (χ4v) is 12.3. The van der Waals surface area contributed by atoms with Crippen LogP contribution in [0.5, 0.6) is 17.2 Å². The van der Waals surface area contributed by atoms with Crippen LogP contribution in [0.2, 0.25) is 0 Å². The highest BCUT2D eigenvalue weighted by Gasteiger charge is 2.51. The number of Topliss-reactive ketones (excluding diaryl/α,β-unsaturated/α-hetero) is 2. The molecule has 6 aliphatic rings. The summed E-state index contributed by atoms with van der Waals surface area (Å²) in [5.74, 6) is -4.66. The van der Waals surface area contributed by atoms with E-state index < -0.39 is 133 Å². The molecule has 0 bridgehead atoms. The molecular weight excluding hydrogens is 1060 g/mol. The lowest BCUT2D eigenvalue weighted by Gasteiger charge is -2.46. The Kier molecular flexibility index (Phi) is 20.2. The lowest BCUT2D eigenvalue weighted by molar-refractivity contribution is -0.331. The van der Waals surface area contributed by atoms with Crippen LogP contribution in [-0.2, 0) is 68.1 Å². The molecule has 5 fully saturated rings. The number of ketones is 2. The molecule has 25 atom stereocenters. The second-order valence-electron chi connectivity index (χ2n) is 24.0. The number of ether oxygens (including phenoxy) is 12. The Morgan fingerprint density at radius 3 is 1.88 bits per heavy atom. The van der Waals surface area contributed by atoms with E-state index in [2.05, 4.69) is 0 Å². The summed E-state index contributed by atoms with van der Waals surface area (Å²) in [4.78, 5) is 42.2. The van der Waals surface area contributed by atoms with E-state index >= 15 is 4.79 Å². The fourth-order valence-electron chi connectivity index (χ4n) is 12.3. The molecule has 5 saturated heterocycles. The van der Waals surface area contributed by atoms with Crippen molar-refractivity contribution in [2.24, 2.45) is 23.7 Å². The number of aliphatic hydroxyl groups excluding tert-OH is 4. The number of esters is 1. The molecule has 81 heavy (non-hydrogen) atoms. The number of benzene rings is 2. The maximum Gasteiger partial charge on any atom is 0.306 e. The first-order valence-corrected chi connectivity index (χ1v) is 28.9. The maximum atomic E-state index is 15.3. The van der Waals surface area contributed by atoms with Crippen LogP contribution in [0.3, 0.4) is 0 Å². The van der Waals surface area contributed by atoms with E-state index in [4.69, 9.17) is 56.8 Å². The van der Waals surface area contributed by atoms with E-state index in [1.165, 1.54) is 14.0 Å². The molecule has 5 aliphatic heterocycles. The van der Waals surface area contributed by atoms with Gasteiger partial charge in [0.15, 0.2) is 42.8 Å². The number of carbonyl (C=O) groups is 3. The van der Waals surface area contributed by atoms with Crippen LogP contribution < -0.4 is 4.74 Å². The number of phenolic OH excluding ortho intramolecular Hbond substituents is 2. The van der Waals surface area contributed by atoms with Crippen LogP contribution in [0.1, 0.15) is 143 Å². The monoisotopic (exact) mass is 1150 g/mol. The van der Waals surface area contributed by atoms with Gasteiger partial charge in [-0.25, -0.2) is 0 Å². The fraction of sp³-hybridized carbons (Fsp3) is 0.780. The van der Waals surface area contributed by atoms with Crippen LogP contribution in [0, 0.1) is 30.6 Å². The number of aliphatic hydroxyl groups is 5. The van der Waals surface area contributed by atoms with Gasteiger partial charge in [0.2, 0.25) is 6.29 Å². The second kappa shape index (κ2) is 25.9. The molecule has 2 aromatic carbocycles. The molecule has 6 unspecified atom stereocenters. The van der Waals surface area contributed by atoms with Crippen molar-refractivity contribution >= 4 is 28.3 Å². The molecule has 7 N–H and O–H groups in total. The van der Waals surface area contributed by atoms with Crippen molar-refractivity contribution in [3.63, 3.8) is 0 Å². The van der Waals surface area contributed by atoms with Crippen LogP contribution in [-0.4, -0.2) is 189 Å². The zero-order chi connectivity index (χ0) is 59.3. The predicted molar refractivity (Wildman–Crippen MR) is 287 cm³/mol. The highest BCUT2D eigenvalue weighted by atomic mass is 16.7. The van der Waals surface area contributed by atoms with Gasteiger partial charge in [-0.2, -0.15) is 0 Å². The molecule has 0 radical (unpaired) electrons. The molecule has 0 amide bonds. The Morgan fingerprint density at radius 2 is 1.27 bits per heavy atom. The molecule has 22 heteroatoms. The van der Waals surface area contributed by atoms with E-state index in [1.807, 2.05) is 41.5 Å². The lowest BCUT2D eigenvalue weighted by Crippen LogP contribution is -2.57. The van der Waals surface area contributed by atoms with Gasteiger partial charge in [-0.3, -0.25) is 14.4 Å². The minimum atomic E-state index is -1.91. The van der Waals surface area contributed by atoms with E-state index in [9.17, 15) is 45.3 Å². The van der Waals surface area contributed by atoms with Crippen LogP contribution in [0.25, 0.3) is 10.8 Å². The molecule has 0 aromatic heterocycles. The van der Waals surface area contributed by atoms with Crippen molar-refractivity contribution in [3.05, 3.63) is 28.8 Å².